The van der Waals surface area contributed by atoms with E-state index in [9.17, 15) is 5.11 Å². The van der Waals surface area contributed by atoms with Crippen LogP contribution in [0.1, 0.15) is 24.1 Å². The topological polar surface area (TPSA) is 50.7 Å². The zero-order valence-corrected chi connectivity index (χ0v) is 12.6. The average molecular weight is 287 g/mol. The van der Waals surface area contributed by atoms with Crippen molar-refractivity contribution in [3.8, 4) is 11.5 Å². The van der Waals surface area contributed by atoms with Crippen LogP contribution in [0.4, 0.5) is 5.69 Å². The van der Waals surface area contributed by atoms with Crippen LogP contribution < -0.4 is 10.1 Å². The fraction of sp³-hybridized carbons (Fsp3) is 0.294. The van der Waals surface area contributed by atoms with Crippen molar-refractivity contribution in [1.82, 2.24) is 0 Å². The summed E-state index contributed by atoms with van der Waals surface area (Å²) in [6.07, 6.45) is 0. The van der Waals surface area contributed by atoms with E-state index in [1.807, 2.05) is 43.3 Å². The Balaban J connectivity index is 2.14. The number of hydrogen-bond acceptors (Lipinski definition) is 4. The van der Waals surface area contributed by atoms with Crippen molar-refractivity contribution in [2.45, 2.75) is 19.6 Å². The first-order valence-corrected chi connectivity index (χ1v) is 6.85. The van der Waals surface area contributed by atoms with E-state index in [2.05, 4.69) is 5.32 Å². The molecule has 2 aromatic carbocycles. The second-order valence-corrected chi connectivity index (χ2v) is 4.92. The van der Waals surface area contributed by atoms with E-state index in [0.717, 1.165) is 16.8 Å². The highest BCUT2D eigenvalue weighted by molar-refractivity contribution is 5.50. The maximum atomic E-state index is 10.1. The summed E-state index contributed by atoms with van der Waals surface area (Å²) in [7, 11) is 3.26. The molecule has 0 aliphatic heterocycles. The number of phenols is 1. The molecule has 4 heteroatoms. The molecule has 0 saturated carbocycles. The molecule has 0 spiro atoms. The van der Waals surface area contributed by atoms with Gasteiger partial charge in [-0.3, -0.25) is 0 Å². The highest BCUT2D eigenvalue weighted by Crippen LogP contribution is 2.30. The van der Waals surface area contributed by atoms with Gasteiger partial charge in [0.25, 0.3) is 0 Å². The normalized spacial score (nSPS) is 12.0. The first-order valence-electron chi connectivity index (χ1n) is 6.85. The fourth-order valence-corrected chi connectivity index (χ4v) is 2.26. The Morgan fingerprint density at radius 3 is 2.62 bits per heavy atom. The van der Waals surface area contributed by atoms with Gasteiger partial charge in [-0.15, -0.1) is 0 Å². The highest BCUT2D eigenvalue weighted by atomic mass is 16.5. The molecule has 21 heavy (non-hydrogen) atoms. The lowest BCUT2D eigenvalue weighted by Crippen LogP contribution is -2.07. The third-order valence-corrected chi connectivity index (χ3v) is 3.33. The number of aromatic hydroxyl groups is 1. The van der Waals surface area contributed by atoms with Gasteiger partial charge in [-0.25, -0.2) is 0 Å². The molecule has 2 aromatic rings. The zero-order valence-electron chi connectivity index (χ0n) is 12.6. The van der Waals surface area contributed by atoms with Gasteiger partial charge in [-0.1, -0.05) is 12.1 Å². The van der Waals surface area contributed by atoms with Crippen molar-refractivity contribution in [2.24, 2.45) is 0 Å². The SMILES string of the molecule is COCc1cccc(NC(C)c2ccc(OC)cc2O)c1. The van der Waals surface area contributed by atoms with Crippen LogP contribution in [0, 0.1) is 0 Å². The lowest BCUT2D eigenvalue weighted by Gasteiger charge is -2.18. The van der Waals surface area contributed by atoms with Gasteiger partial charge in [-0.2, -0.15) is 0 Å². The second kappa shape index (κ2) is 6.99. The van der Waals surface area contributed by atoms with Crippen LogP contribution in [0.2, 0.25) is 0 Å². The third-order valence-electron chi connectivity index (χ3n) is 3.33. The maximum Gasteiger partial charge on any atom is 0.124 e. The minimum atomic E-state index is -0.0197. The number of benzene rings is 2. The lowest BCUT2D eigenvalue weighted by molar-refractivity contribution is 0.185. The number of phenolic OH excluding ortho intramolecular Hbond substituents is 1. The van der Waals surface area contributed by atoms with E-state index in [1.54, 1.807) is 20.3 Å². The number of nitrogens with one attached hydrogen (secondary N) is 1. The molecule has 0 aliphatic carbocycles. The summed E-state index contributed by atoms with van der Waals surface area (Å²) < 4.78 is 10.2. The van der Waals surface area contributed by atoms with E-state index in [-0.39, 0.29) is 11.8 Å². The van der Waals surface area contributed by atoms with E-state index < -0.39 is 0 Å². The Morgan fingerprint density at radius 2 is 1.95 bits per heavy atom. The Kier molecular flexibility index (Phi) is 5.06. The molecule has 0 amide bonds. The van der Waals surface area contributed by atoms with Crippen LogP contribution in [0.15, 0.2) is 42.5 Å². The van der Waals surface area contributed by atoms with Gasteiger partial charge in [0.05, 0.1) is 19.8 Å². The summed E-state index contributed by atoms with van der Waals surface area (Å²) in [5.74, 6) is 0.868. The van der Waals surface area contributed by atoms with Crippen molar-refractivity contribution in [1.29, 1.82) is 0 Å². The van der Waals surface area contributed by atoms with Crippen LogP contribution in [0.25, 0.3) is 0 Å². The Labute approximate surface area is 125 Å². The Morgan fingerprint density at radius 1 is 1.14 bits per heavy atom. The van der Waals surface area contributed by atoms with E-state index in [4.69, 9.17) is 9.47 Å². The molecule has 0 bridgehead atoms. The molecule has 1 atom stereocenters. The minimum absolute atomic E-state index is 0.0197. The number of ether oxygens (including phenoxy) is 2. The lowest BCUT2D eigenvalue weighted by atomic mass is 10.1. The molecule has 112 valence electrons. The van der Waals surface area contributed by atoms with E-state index in [1.165, 1.54) is 0 Å². The standard InChI is InChI=1S/C17H21NO3/c1-12(16-8-7-15(21-3)10-17(16)19)18-14-6-4-5-13(9-14)11-20-2/h4-10,12,18-19H,11H2,1-3H3. The van der Waals surface area contributed by atoms with Gasteiger partial charge in [0.15, 0.2) is 0 Å². The number of hydrogen-bond donors (Lipinski definition) is 2. The van der Waals surface area contributed by atoms with Gasteiger partial charge in [0.1, 0.15) is 11.5 Å². The quantitative estimate of drug-likeness (QED) is 0.850. The van der Waals surface area contributed by atoms with Crippen molar-refractivity contribution in [3.63, 3.8) is 0 Å². The molecular weight excluding hydrogens is 266 g/mol. The van der Waals surface area contributed by atoms with Crippen LogP contribution >= 0.6 is 0 Å². The molecule has 0 heterocycles. The number of methoxy groups -OCH3 is 2. The molecule has 0 aromatic heterocycles. The van der Waals surface area contributed by atoms with Crippen molar-refractivity contribution in [3.05, 3.63) is 53.6 Å². The van der Waals surface area contributed by atoms with Gasteiger partial charge in [0.2, 0.25) is 0 Å². The van der Waals surface area contributed by atoms with Crippen LogP contribution in [0.3, 0.4) is 0 Å². The molecule has 1 unspecified atom stereocenters. The highest BCUT2D eigenvalue weighted by Gasteiger charge is 2.11. The van der Waals surface area contributed by atoms with Crippen LogP contribution in [0.5, 0.6) is 11.5 Å². The average Bonchev–Trinajstić information content (AvgIpc) is 2.47. The zero-order chi connectivity index (χ0) is 15.2. The number of rotatable bonds is 6. The summed E-state index contributed by atoms with van der Waals surface area (Å²) in [4.78, 5) is 0. The summed E-state index contributed by atoms with van der Waals surface area (Å²) >= 11 is 0. The van der Waals surface area contributed by atoms with Crippen molar-refractivity contribution < 1.29 is 14.6 Å². The minimum Gasteiger partial charge on any atom is -0.507 e. The summed E-state index contributed by atoms with van der Waals surface area (Å²) in [6.45, 7) is 2.59. The molecular formula is C17H21NO3. The summed E-state index contributed by atoms with van der Waals surface area (Å²) in [5.41, 5.74) is 2.92. The number of anilines is 1. The Bertz CT molecular complexity index is 598. The first-order chi connectivity index (χ1) is 10.1. The van der Waals surface area contributed by atoms with Gasteiger partial charge in [0, 0.05) is 24.4 Å². The van der Waals surface area contributed by atoms with E-state index >= 15 is 0 Å². The Hall–Kier alpha value is -2.20. The summed E-state index contributed by atoms with van der Waals surface area (Å²) in [5, 5.41) is 13.4. The maximum absolute atomic E-state index is 10.1. The fourth-order valence-electron chi connectivity index (χ4n) is 2.26. The third kappa shape index (κ3) is 3.89. The predicted octanol–water partition coefficient (Wildman–Crippen LogP) is 3.72. The predicted molar refractivity (Wildman–Crippen MR) is 83.9 cm³/mol. The van der Waals surface area contributed by atoms with Gasteiger partial charge >= 0.3 is 0 Å². The smallest absolute Gasteiger partial charge is 0.124 e. The monoisotopic (exact) mass is 287 g/mol. The molecule has 4 nitrogen and oxygen atoms in total. The van der Waals surface area contributed by atoms with E-state index in [0.29, 0.717) is 12.4 Å². The van der Waals surface area contributed by atoms with Crippen molar-refractivity contribution >= 4 is 5.69 Å². The molecule has 0 fully saturated rings. The second-order valence-electron chi connectivity index (χ2n) is 4.92. The first kappa shape index (κ1) is 15.2. The van der Waals surface area contributed by atoms with Gasteiger partial charge < -0.3 is 19.9 Å². The summed E-state index contributed by atoms with van der Waals surface area (Å²) in [6, 6.07) is 13.3. The molecule has 0 saturated heterocycles. The van der Waals surface area contributed by atoms with Crippen LogP contribution in [-0.4, -0.2) is 19.3 Å². The van der Waals surface area contributed by atoms with Crippen molar-refractivity contribution in [2.75, 3.05) is 19.5 Å². The molecule has 0 aliphatic rings. The molecule has 2 N–H and O–H groups in total. The molecule has 2 rings (SSSR count). The van der Waals surface area contributed by atoms with Gasteiger partial charge in [-0.05, 0) is 36.8 Å². The van der Waals surface area contributed by atoms with Crippen LogP contribution in [-0.2, 0) is 11.3 Å². The largest absolute Gasteiger partial charge is 0.507 e. The molecule has 0 radical (unpaired) electrons.